The van der Waals surface area contributed by atoms with Crippen LogP contribution in [-0.4, -0.2) is 29.5 Å². The molecule has 0 saturated carbocycles. The van der Waals surface area contributed by atoms with Crippen LogP contribution in [0.5, 0.6) is 5.75 Å². The fraction of sp³-hybridized carbons (Fsp3) is 0.300. The Kier molecular flexibility index (Phi) is 7.08. The van der Waals surface area contributed by atoms with Gasteiger partial charge < -0.3 is 14.8 Å². The lowest BCUT2D eigenvalue weighted by Crippen LogP contribution is -2.31. The minimum absolute atomic E-state index is 0.0960. The monoisotopic (exact) mass is 386 g/mol. The highest BCUT2D eigenvalue weighted by Crippen LogP contribution is 2.30. The maximum absolute atomic E-state index is 12.2. The van der Waals surface area contributed by atoms with Crippen molar-refractivity contribution in [1.29, 1.82) is 0 Å². The van der Waals surface area contributed by atoms with Crippen LogP contribution in [0.25, 0.3) is 0 Å². The molecular formula is C20H22N2O6. The lowest BCUT2D eigenvalue weighted by Gasteiger charge is -2.16. The molecule has 0 saturated heterocycles. The third-order valence-corrected chi connectivity index (χ3v) is 4.18. The molecule has 2 aromatic rings. The van der Waals surface area contributed by atoms with Crippen LogP contribution in [0.3, 0.4) is 0 Å². The Morgan fingerprint density at radius 1 is 1.14 bits per heavy atom. The molecule has 0 fully saturated rings. The minimum atomic E-state index is -0.856. The average molecular weight is 386 g/mol. The Bertz CT molecular complexity index is 866. The summed E-state index contributed by atoms with van der Waals surface area (Å²) in [6.45, 7) is 4.64. The molecule has 0 unspecified atom stereocenters. The summed E-state index contributed by atoms with van der Waals surface area (Å²) in [5.41, 5.74) is 1.24. The van der Waals surface area contributed by atoms with Crippen LogP contribution in [0.2, 0.25) is 0 Å². The molecule has 1 N–H and O–H groups in total. The summed E-state index contributed by atoms with van der Waals surface area (Å²) in [7, 11) is 0. The molecule has 8 nitrogen and oxygen atoms in total. The van der Waals surface area contributed by atoms with Crippen molar-refractivity contribution in [3.8, 4) is 5.75 Å². The molecule has 1 amide bonds. The first-order valence-corrected chi connectivity index (χ1v) is 8.76. The molecule has 8 heteroatoms. The summed E-state index contributed by atoms with van der Waals surface area (Å²) in [6.07, 6.45) is -0.497. The molecule has 148 valence electrons. The number of rotatable bonds is 8. The highest BCUT2D eigenvalue weighted by molar-refractivity contribution is 5.96. The smallest absolute Gasteiger partial charge is 0.347 e. The van der Waals surface area contributed by atoms with Gasteiger partial charge in [0.05, 0.1) is 4.92 Å². The maximum atomic E-state index is 12.2. The standard InChI is InChI=1S/C20H22N2O6/c1-4-17(28-15-8-6-5-7-9-15)20(24)27-12-18(23)21-19-14(3)13(2)10-11-16(19)22(25)26/h5-11,17H,4,12H2,1-3H3,(H,21,23)/t17-/m0/s1. The van der Waals surface area contributed by atoms with Crippen molar-refractivity contribution < 1.29 is 24.0 Å². The number of carbonyl (C=O) groups is 2. The Labute approximate surface area is 162 Å². The molecular weight excluding hydrogens is 364 g/mol. The van der Waals surface area contributed by atoms with Crippen molar-refractivity contribution in [1.82, 2.24) is 0 Å². The number of para-hydroxylation sites is 1. The average Bonchev–Trinajstić information content (AvgIpc) is 2.68. The number of aryl methyl sites for hydroxylation is 1. The van der Waals surface area contributed by atoms with E-state index in [1.807, 2.05) is 6.07 Å². The number of amides is 1. The number of ether oxygens (including phenoxy) is 2. The summed E-state index contributed by atoms with van der Waals surface area (Å²) >= 11 is 0. The summed E-state index contributed by atoms with van der Waals surface area (Å²) < 4.78 is 10.6. The normalized spacial score (nSPS) is 11.4. The van der Waals surface area contributed by atoms with Gasteiger partial charge in [-0.2, -0.15) is 0 Å². The van der Waals surface area contributed by atoms with Crippen molar-refractivity contribution in [2.24, 2.45) is 0 Å². The van der Waals surface area contributed by atoms with Crippen LogP contribution in [-0.2, 0) is 14.3 Å². The van der Waals surface area contributed by atoms with Gasteiger partial charge in [0, 0.05) is 6.07 Å². The maximum Gasteiger partial charge on any atom is 0.347 e. The number of nitrogens with one attached hydrogen (secondary N) is 1. The van der Waals surface area contributed by atoms with Crippen LogP contribution in [0, 0.1) is 24.0 Å². The largest absolute Gasteiger partial charge is 0.479 e. The van der Waals surface area contributed by atoms with Gasteiger partial charge in [-0.15, -0.1) is 0 Å². The number of esters is 1. The van der Waals surface area contributed by atoms with Crippen LogP contribution < -0.4 is 10.1 Å². The molecule has 0 aliphatic rings. The van der Waals surface area contributed by atoms with E-state index in [2.05, 4.69) is 5.32 Å². The Morgan fingerprint density at radius 2 is 1.82 bits per heavy atom. The van der Waals surface area contributed by atoms with Crippen molar-refractivity contribution in [2.75, 3.05) is 11.9 Å². The van der Waals surface area contributed by atoms with E-state index in [-0.39, 0.29) is 11.4 Å². The van der Waals surface area contributed by atoms with Crippen molar-refractivity contribution in [3.05, 3.63) is 63.7 Å². The van der Waals surface area contributed by atoms with E-state index in [4.69, 9.17) is 9.47 Å². The van der Waals surface area contributed by atoms with Gasteiger partial charge in [-0.3, -0.25) is 14.9 Å². The first-order chi connectivity index (χ1) is 13.3. The third kappa shape index (κ3) is 5.29. The second-order valence-corrected chi connectivity index (χ2v) is 6.14. The summed E-state index contributed by atoms with van der Waals surface area (Å²) in [5.74, 6) is -0.835. The van der Waals surface area contributed by atoms with E-state index >= 15 is 0 Å². The molecule has 1 atom stereocenters. The Morgan fingerprint density at radius 3 is 2.43 bits per heavy atom. The van der Waals surface area contributed by atoms with E-state index in [9.17, 15) is 19.7 Å². The number of nitro groups is 1. The molecule has 28 heavy (non-hydrogen) atoms. The second kappa shape index (κ2) is 9.50. The van der Waals surface area contributed by atoms with Gasteiger partial charge >= 0.3 is 5.97 Å². The number of carbonyl (C=O) groups excluding carboxylic acids is 2. The lowest BCUT2D eigenvalue weighted by atomic mass is 10.1. The predicted octanol–water partition coefficient (Wildman–Crippen LogP) is 3.55. The third-order valence-electron chi connectivity index (χ3n) is 4.18. The first-order valence-electron chi connectivity index (χ1n) is 8.76. The highest BCUT2D eigenvalue weighted by atomic mass is 16.6. The zero-order valence-electron chi connectivity index (χ0n) is 15.9. The fourth-order valence-corrected chi connectivity index (χ4v) is 2.48. The number of hydrogen-bond donors (Lipinski definition) is 1. The van der Waals surface area contributed by atoms with Gasteiger partial charge in [0.2, 0.25) is 0 Å². The topological polar surface area (TPSA) is 108 Å². The summed E-state index contributed by atoms with van der Waals surface area (Å²) in [4.78, 5) is 35.0. The van der Waals surface area contributed by atoms with Crippen LogP contribution in [0.4, 0.5) is 11.4 Å². The van der Waals surface area contributed by atoms with Gasteiger partial charge in [-0.25, -0.2) is 4.79 Å². The number of nitrogens with zero attached hydrogens (tertiary/aromatic N) is 1. The molecule has 0 radical (unpaired) electrons. The number of nitro benzene ring substituents is 1. The minimum Gasteiger partial charge on any atom is -0.479 e. The van der Waals surface area contributed by atoms with Gasteiger partial charge in [0.15, 0.2) is 12.7 Å². The second-order valence-electron chi connectivity index (χ2n) is 6.14. The molecule has 0 bridgehead atoms. The molecule has 0 aromatic heterocycles. The number of benzene rings is 2. The molecule has 0 aliphatic heterocycles. The van der Waals surface area contributed by atoms with E-state index in [1.54, 1.807) is 51.1 Å². The van der Waals surface area contributed by atoms with E-state index in [1.165, 1.54) is 6.07 Å². The highest BCUT2D eigenvalue weighted by Gasteiger charge is 2.23. The van der Waals surface area contributed by atoms with Crippen molar-refractivity contribution in [3.63, 3.8) is 0 Å². The SMILES string of the molecule is CC[C@H](Oc1ccccc1)C(=O)OCC(=O)Nc1c([N+](=O)[O-])ccc(C)c1C. The Balaban J connectivity index is 1.99. The summed E-state index contributed by atoms with van der Waals surface area (Å²) in [6, 6.07) is 11.7. The zero-order chi connectivity index (χ0) is 20.7. The summed E-state index contributed by atoms with van der Waals surface area (Å²) in [5, 5.41) is 13.7. The van der Waals surface area contributed by atoms with Crippen LogP contribution >= 0.6 is 0 Å². The lowest BCUT2D eigenvalue weighted by molar-refractivity contribution is -0.384. The van der Waals surface area contributed by atoms with Crippen molar-refractivity contribution >= 4 is 23.3 Å². The van der Waals surface area contributed by atoms with Gasteiger partial charge in [0.1, 0.15) is 11.4 Å². The molecule has 0 aliphatic carbocycles. The molecule has 2 rings (SSSR count). The van der Waals surface area contributed by atoms with E-state index < -0.39 is 29.5 Å². The quantitative estimate of drug-likeness (QED) is 0.422. The van der Waals surface area contributed by atoms with Crippen LogP contribution in [0.15, 0.2) is 42.5 Å². The molecule has 2 aromatic carbocycles. The van der Waals surface area contributed by atoms with Gasteiger partial charge in [0.25, 0.3) is 11.6 Å². The zero-order valence-corrected chi connectivity index (χ0v) is 15.9. The number of hydrogen-bond acceptors (Lipinski definition) is 6. The fourth-order valence-electron chi connectivity index (χ4n) is 2.48. The Hall–Kier alpha value is -3.42. The predicted molar refractivity (Wildman–Crippen MR) is 103 cm³/mol. The van der Waals surface area contributed by atoms with Gasteiger partial charge in [-0.1, -0.05) is 31.2 Å². The molecule has 0 heterocycles. The molecule has 0 spiro atoms. The van der Waals surface area contributed by atoms with E-state index in [0.29, 0.717) is 17.7 Å². The van der Waals surface area contributed by atoms with E-state index in [0.717, 1.165) is 5.56 Å². The van der Waals surface area contributed by atoms with Crippen LogP contribution in [0.1, 0.15) is 24.5 Å². The van der Waals surface area contributed by atoms with Gasteiger partial charge in [-0.05, 0) is 43.5 Å². The van der Waals surface area contributed by atoms with Crippen molar-refractivity contribution in [2.45, 2.75) is 33.3 Å². The number of anilines is 1. The first kappa shape index (κ1) is 20.9.